The standard InChI is InChI=1S/C44H70O17/c1-19-8-13-44(55-17-19)20(2)29-27(61-44)15-43(53)25-7-6-22-14-23(9-11-41(22,4)24(25)10-12-42(29,43)5)57-40-37(60-39-34(51)32(49)30(47)21(3)56-39)35(52)36(28(16-45)58-40)59-38-33(50)31(48)26(46)18-54-38/h6,19-21,23-40,45-53H,7-18H2,1-5H3/t19-,20+,21+,23+,24+,25-,26-,27+,28-,29+,30+,31+,32-,33-,34-,35+,36-,37-,38+,39+,40-,41+,42-,43-,44-/m0/s1. The molecule has 8 fully saturated rings. The van der Waals surface area contributed by atoms with Crippen molar-refractivity contribution >= 4 is 0 Å². The summed E-state index contributed by atoms with van der Waals surface area (Å²) in [6.07, 6.45) is -11.8. The van der Waals surface area contributed by atoms with Gasteiger partial charge in [-0.3, -0.25) is 0 Å². The summed E-state index contributed by atoms with van der Waals surface area (Å²) in [4.78, 5) is 0. The van der Waals surface area contributed by atoms with Gasteiger partial charge in [-0.05, 0) is 75.0 Å². The van der Waals surface area contributed by atoms with Crippen molar-refractivity contribution in [2.45, 2.75) is 202 Å². The lowest BCUT2D eigenvalue weighted by molar-refractivity contribution is -0.385. The van der Waals surface area contributed by atoms with Crippen LogP contribution in [-0.2, 0) is 37.9 Å². The molecule has 9 N–H and O–H groups in total. The molecular formula is C44H70O17. The van der Waals surface area contributed by atoms with Gasteiger partial charge < -0.3 is 83.9 Å². The van der Waals surface area contributed by atoms with Crippen LogP contribution in [0.1, 0.15) is 92.4 Å². The highest BCUT2D eigenvalue weighted by Gasteiger charge is 2.74. The van der Waals surface area contributed by atoms with Crippen LogP contribution in [0.5, 0.6) is 0 Å². The second kappa shape index (κ2) is 16.4. The van der Waals surface area contributed by atoms with E-state index in [9.17, 15) is 46.0 Å². The van der Waals surface area contributed by atoms with Crippen LogP contribution in [0.25, 0.3) is 0 Å². The third kappa shape index (κ3) is 7.14. The van der Waals surface area contributed by atoms with Crippen LogP contribution >= 0.6 is 0 Å². The normalized spacial score (nSPS) is 58.4. The van der Waals surface area contributed by atoms with Gasteiger partial charge in [0, 0.05) is 30.1 Å². The molecule has 0 aromatic carbocycles. The zero-order valence-corrected chi connectivity index (χ0v) is 36.0. The molecule has 0 aromatic heterocycles. The van der Waals surface area contributed by atoms with Gasteiger partial charge in [0.2, 0.25) is 0 Å². The molecule has 0 unspecified atom stereocenters. The topological polar surface area (TPSA) is 256 Å². The van der Waals surface area contributed by atoms with Crippen molar-refractivity contribution in [3.8, 4) is 0 Å². The second-order valence-electron chi connectivity index (χ2n) is 20.8. The SMILES string of the molecule is C[C@H]1CC[C@]2(OC1)O[C@@H]1C[C@]3(O)[C@H]4CC=C5C[C@H](O[C@H]6O[C@@H](CO)[C@H](O[C@H]7OC[C@H](O)[C@@H](O)[C@@H]7O)[C@@H](O)[C@@H]6O[C@H]6O[C@H](C)[C@@H](O)[C@H](O)[C@@H]6O)CC[C@@]5(C)[C@@H]4CC[C@@]3(C)[C@@H]1[C@H]2C. The van der Waals surface area contributed by atoms with Crippen LogP contribution in [0.4, 0.5) is 0 Å². The minimum absolute atomic E-state index is 0.0513. The summed E-state index contributed by atoms with van der Waals surface area (Å²) in [5.41, 5.74) is -0.160. The first-order chi connectivity index (χ1) is 28.9. The van der Waals surface area contributed by atoms with Gasteiger partial charge in [-0.1, -0.05) is 39.3 Å². The lowest BCUT2D eigenvalue weighted by atomic mass is 9.45. The van der Waals surface area contributed by atoms with E-state index in [1.807, 2.05) is 0 Å². The Morgan fingerprint density at radius 2 is 1.48 bits per heavy atom. The fourth-order valence-electron chi connectivity index (χ4n) is 13.7. The van der Waals surface area contributed by atoms with Crippen molar-refractivity contribution in [1.29, 1.82) is 0 Å². The number of fused-ring (bicyclic) bond motifs is 7. The zero-order valence-electron chi connectivity index (χ0n) is 36.0. The Balaban J connectivity index is 0.925. The third-order valence-electron chi connectivity index (χ3n) is 17.5. The molecule has 3 saturated carbocycles. The summed E-state index contributed by atoms with van der Waals surface area (Å²) >= 11 is 0. The Kier molecular flexibility index (Phi) is 12.2. The fourth-order valence-corrected chi connectivity index (χ4v) is 13.7. The molecule has 0 amide bonds. The van der Waals surface area contributed by atoms with Crippen LogP contribution in [0, 0.1) is 40.4 Å². The van der Waals surface area contributed by atoms with E-state index in [-0.39, 0.29) is 47.2 Å². The first-order valence-corrected chi connectivity index (χ1v) is 22.9. The molecule has 17 heteroatoms. The van der Waals surface area contributed by atoms with Gasteiger partial charge in [0.25, 0.3) is 0 Å². The zero-order chi connectivity index (χ0) is 43.6. The molecule has 17 nitrogen and oxygen atoms in total. The van der Waals surface area contributed by atoms with E-state index in [0.29, 0.717) is 31.8 Å². The average Bonchev–Trinajstić information content (AvgIpc) is 3.63. The highest BCUT2D eigenvalue weighted by molar-refractivity contribution is 5.29. The van der Waals surface area contributed by atoms with Gasteiger partial charge in [0.15, 0.2) is 24.7 Å². The molecule has 5 heterocycles. The smallest absolute Gasteiger partial charge is 0.187 e. The summed E-state index contributed by atoms with van der Waals surface area (Å²) < 4.78 is 49.5. The average molecular weight is 871 g/mol. The molecule has 0 radical (unpaired) electrons. The van der Waals surface area contributed by atoms with E-state index in [1.54, 1.807) is 0 Å². The van der Waals surface area contributed by atoms with E-state index >= 15 is 0 Å². The maximum atomic E-state index is 13.0. The number of allylic oxidation sites excluding steroid dienone is 1. The molecule has 5 saturated heterocycles. The number of ether oxygens (including phenoxy) is 8. The number of aliphatic hydroxyl groups excluding tert-OH is 8. The van der Waals surface area contributed by atoms with Gasteiger partial charge in [-0.2, -0.15) is 0 Å². The minimum Gasteiger partial charge on any atom is -0.394 e. The van der Waals surface area contributed by atoms with Crippen molar-refractivity contribution in [2.75, 3.05) is 19.8 Å². The third-order valence-corrected chi connectivity index (χ3v) is 17.5. The molecule has 348 valence electrons. The van der Waals surface area contributed by atoms with Gasteiger partial charge in [-0.15, -0.1) is 0 Å². The monoisotopic (exact) mass is 870 g/mol. The maximum absolute atomic E-state index is 13.0. The second-order valence-corrected chi connectivity index (χ2v) is 20.8. The molecular weight excluding hydrogens is 800 g/mol. The summed E-state index contributed by atoms with van der Waals surface area (Å²) in [7, 11) is 0. The van der Waals surface area contributed by atoms with Crippen LogP contribution in [-0.4, -0.2) is 175 Å². The summed E-state index contributed by atoms with van der Waals surface area (Å²) in [5.74, 6) is 0.647. The quantitative estimate of drug-likeness (QED) is 0.152. The van der Waals surface area contributed by atoms with E-state index < -0.39 is 110 Å². The van der Waals surface area contributed by atoms with Gasteiger partial charge >= 0.3 is 0 Å². The van der Waals surface area contributed by atoms with Gasteiger partial charge in [0.05, 0.1) is 43.7 Å². The van der Waals surface area contributed by atoms with Gasteiger partial charge in [0.1, 0.15) is 61.0 Å². The largest absolute Gasteiger partial charge is 0.394 e. The number of rotatable bonds is 7. The molecule has 1 spiro atoms. The number of hydrogen-bond acceptors (Lipinski definition) is 17. The van der Waals surface area contributed by atoms with Crippen LogP contribution in [0.2, 0.25) is 0 Å². The highest BCUT2D eigenvalue weighted by atomic mass is 16.8. The molecule has 0 aromatic rings. The minimum atomic E-state index is -1.73. The number of hydrogen-bond donors (Lipinski definition) is 9. The highest BCUT2D eigenvalue weighted by Crippen LogP contribution is 2.72. The molecule has 4 aliphatic carbocycles. The van der Waals surface area contributed by atoms with Crippen LogP contribution in [0.3, 0.4) is 0 Å². The van der Waals surface area contributed by atoms with E-state index in [1.165, 1.54) is 12.5 Å². The predicted octanol–water partition coefficient (Wildman–Crippen LogP) is -0.0319. The van der Waals surface area contributed by atoms with Crippen molar-refractivity contribution < 1.29 is 83.9 Å². The fraction of sp³-hybridized carbons (Fsp3) is 0.955. The number of aliphatic hydroxyl groups is 9. The van der Waals surface area contributed by atoms with Crippen molar-refractivity contribution in [3.63, 3.8) is 0 Å². The van der Waals surface area contributed by atoms with Crippen LogP contribution < -0.4 is 0 Å². The Morgan fingerprint density at radius 1 is 0.738 bits per heavy atom. The van der Waals surface area contributed by atoms with E-state index in [0.717, 1.165) is 38.5 Å². The molecule has 25 atom stereocenters. The van der Waals surface area contributed by atoms with Crippen molar-refractivity contribution in [2.24, 2.45) is 40.4 Å². The Labute approximate surface area is 357 Å². The molecule has 9 aliphatic rings. The van der Waals surface area contributed by atoms with Gasteiger partial charge in [-0.25, -0.2) is 0 Å². The molecule has 5 aliphatic heterocycles. The van der Waals surface area contributed by atoms with Crippen molar-refractivity contribution in [1.82, 2.24) is 0 Å². The summed E-state index contributed by atoms with van der Waals surface area (Å²) in [6.45, 7) is 10.3. The first-order valence-electron chi connectivity index (χ1n) is 22.9. The van der Waals surface area contributed by atoms with E-state index in [2.05, 4.69) is 33.8 Å². The summed E-state index contributed by atoms with van der Waals surface area (Å²) in [6, 6.07) is 0. The first kappa shape index (κ1) is 45.2. The van der Waals surface area contributed by atoms with Crippen LogP contribution in [0.15, 0.2) is 11.6 Å². The summed E-state index contributed by atoms with van der Waals surface area (Å²) in [5, 5.41) is 98.1. The Hall–Kier alpha value is -0.940. The lowest BCUT2D eigenvalue weighted by Crippen LogP contribution is -2.66. The van der Waals surface area contributed by atoms with E-state index in [4.69, 9.17) is 37.9 Å². The lowest BCUT2D eigenvalue weighted by Gasteiger charge is -2.62. The molecule has 9 rings (SSSR count). The Bertz CT molecular complexity index is 1610. The Morgan fingerprint density at radius 3 is 2.20 bits per heavy atom. The van der Waals surface area contributed by atoms with Crippen molar-refractivity contribution in [3.05, 3.63) is 11.6 Å². The molecule has 61 heavy (non-hydrogen) atoms. The predicted molar refractivity (Wildman–Crippen MR) is 210 cm³/mol. The molecule has 0 bridgehead atoms. The maximum Gasteiger partial charge on any atom is 0.187 e.